The molecule has 0 saturated heterocycles. The Bertz CT molecular complexity index is 1340. The second-order valence-corrected chi connectivity index (χ2v) is 7.14. The Hall–Kier alpha value is -3.81. The van der Waals surface area contributed by atoms with E-state index in [2.05, 4.69) is 4.98 Å². The monoisotopic (exact) mass is 435 g/mol. The Kier molecular flexibility index (Phi) is 5.51. The van der Waals surface area contributed by atoms with Crippen LogP contribution in [-0.4, -0.2) is 28.8 Å². The first kappa shape index (κ1) is 20.9. The fourth-order valence-electron chi connectivity index (χ4n) is 2.61. The van der Waals surface area contributed by atoms with Crippen LogP contribution in [0.2, 0.25) is 0 Å². The molecule has 1 heterocycles. The maximum absolute atomic E-state index is 13.9. The van der Waals surface area contributed by atoms with Gasteiger partial charge in [-0.2, -0.15) is 8.42 Å². The number of H-pyrrole nitrogens is 2. The molecule has 1 amide bonds. The Morgan fingerprint density at radius 1 is 1.07 bits per heavy atom. The molecule has 0 spiro atoms. The molecular weight excluding hydrogens is 421 g/mol. The fraction of sp³-hybridized carbons (Fsp3) is 0. The summed E-state index contributed by atoms with van der Waals surface area (Å²) in [4.78, 5) is 39.8. The number of aromatic nitrogens is 2. The molecule has 0 atom stereocenters. The summed E-state index contributed by atoms with van der Waals surface area (Å²) in [7, 11) is -5.05. The van der Waals surface area contributed by atoms with Crippen molar-refractivity contribution in [3.8, 4) is 0 Å². The van der Waals surface area contributed by atoms with Crippen molar-refractivity contribution in [3.05, 3.63) is 86.9 Å². The number of rotatable bonds is 5. The summed E-state index contributed by atoms with van der Waals surface area (Å²) in [6, 6.07) is 9.96. The summed E-state index contributed by atoms with van der Waals surface area (Å²) in [5, 5.41) is 0.527. The van der Waals surface area contributed by atoms with Gasteiger partial charge in [0.15, 0.2) is 0 Å². The molecule has 2 aromatic carbocycles. The van der Waals surface area contributed by atoms with Crippen LogP contribution in [0.5, 0.6) is 0 Å². The Morgan fingerprint density at radius 3 is 2.40 bits per heavy atom. The third kappa shape index (κ3) is 4.12. The number of hydrogen-bond donors (Lipinski definition) is 4. The normalized spacial score (nSPS) is 11.2. The van der Waals surface area contributed by atoms with E-state index in [1.54, 1.807) is 0 Å². The zero-order valence-corrected chi connectivity index (χ0v) is 15.8. The molecule has 0 radical (unpaired) electrons. The topological polar surface area (TPSA) is 170 Å². The third-order valence-electron chi connectivity index (χ3n) is 3.91. The Labute approximate surface area is 168 Å². The molecule has 0 bridgehead atoms. The number of halogens is 1. The van der Waals surface area contributed by atoms with Crippen LogP contribution in [0.1, 0.15) is 10.4 Å². The molecule has 0 saturated carbocycles. The van der Waals surface area contributed by atoms with Crippen molar-refractivity contribution >= 4 is 33.3 Å². The highest BCUT2D eigenvalue weighted by molar-refractivity contribution is 7.87. The van der Waals surface area contributed by atoms with Crippen molar-refractivity contribution in [1.82, 2.24) is 9.97 Å². The van der Waals surface area contributed by atoms with Crippen LogP contribution < -0.4 is 26.4 Å². The molecule has 0 aliphatic heterocycles. The largest absolute Gasteiger partial charge is 0.364 e. The van der Waals surface area contributed by atoms with Gasteiger partial charge in [-0.05, 0) is 30.3 Å². The lowest BCUT2D eigenvalue weighted by Gasteiger charge is -2.21. The molecular formula is C17H14FN5O6S. The quantitative estimate of drug-likeness (QED) is 0.197. The molecule has 30 heavy (non-hydrogen) atoms. The second-order valence-electron chi connectivity index (χ2n) is 5.88. The summed E-state index contributed by atoms with van der Waals surface area (Å²) < 4.78 is 47.6. The first-order valence-electron chi connectivity index (χ1n) is 8.13. The van der Waals surface area contributed by atoms with E-state index in [1.807, 2.05) is 4.98 Å². The van der Waals surface area contributed by atoms with E-state index in [4.69, 9.17) is 5.84 Å². The maximum Gasteiger partial charge on any atom is 0.364 e. The van der Waals surface area contributed by atoms with E-state index >= 15 is 0 Å². The van der Waals surface area contributed by atoms with Crippen molar-refractivity contribution < 1.29 is 22.2 Å². The predicted octanol–water partition coefficient (Wildman–Crippen LogP) is 0.664. The number of benzene rings is 2. The lowest BCUT2D eigenvalue weighted by atomic mass is 10.1. The molecule has 13 heteroatoms. The van der Waals surface area contributed by atoms with E-state index in [0.29, 0.717) is 5.01 Å². The van der Waals surface area contributed by atoms with Crippen LogP contribution in [0.4, 0.5) is 21.5 Å². The number of nitrogens with zero attached hydrogens (tertiary/aromatic N) is 2. The van der Waals surface area contributed by atoms with Crippen LogP contribution in [-0.2, 0) is 10.3 Å². The van der Waals surface area contributed by atoms with Crippen molar-refractivity contribution in [1.29, 1.82) is 0 Å². The van der Waals surface area contributed by atoms with Crippen LogP contribution in [0.15, 0.2) is 64.3 Å². The van der Waals surface area contributed by atoms with Crippen LogP contribution in [0.25, 0.3) is 0 Å². The first-order chi connectivity index (χ1) is 14.1. The highest BCUT2D eigenvalue weighted by Gasteiger charge is 2.26. The summed E-state index contributed by atoms with van der Waals surface area (Å²) in [5.74, 6) is 4.05. The van der Waals surface area contributed by atoms with Crippen molar-refractivity contribution in [2.24, 2.45) is 5.84 Å². The van der Waals surface area contributed by atoms with E-state index < -0.39 is 39.0 Å². The highest BCUT2D eigenvalue weighted by atomic mass is 32.2. The number of aromatic amines is 2. The molecule has 5 N–H and O–H groups in total. The smallest absolute Gasteiger partial charge is 0.312 e. The summed E-state index contributed by atoms with van der Waals surface area (Å²) in [6.45, 7) is 0. The maximum atomic E-state index is 13.9. The Morgan fingerprint density at radius 2 is 1.77 bits per heavy atom. The number of para-hydroxylation sites is 1. The van der Waals surface area contributed by atoms with Crippen LogP contribution in [0.3, 0.4) is 0 Å². The molecule has 156 valence electrons. The number of amides is 1. The van der Waals surface area contributed by atoms with Gasteiger partial charge in [-0.25, -0.2) is 24.3 Å². The first-order valence-corrected chi connectivity index (χ1v) is 9.53. The molecule has 0 aliphatic carbocycles. The van der Waals surface area contributed by atoms with Gasteiger partial charge in [0.05, 0.1) is 11.4 Å². The minimum Gasteiger partial charge on any atom is -0.312 e. The minimum absolute atomic E-state index is 0.173. The standard InChI is InChI=1S/C17H14FN5O6S/c18-12-6-1-2-7-13(12)22(19)16(25)10-4-3-5-11(8-10)23(30(27,28)29)14-9-20-17(26)21-15(14)24/h1-9H,19H2,(H,27,28,29)(H2,20,21,24,26). The summed E-state index contributed by atoms with van der Waals surface area (Å²) in [5.41, 5.74) is -3.36. The average Bonchev–Trinajstić information content (AvgIpc) is 2.68. The zero-order chi connectivity index (χ0) is 22.1. The number of carbonyl (C=O) groups is 1. The predicted molar refractivity (Wildman–Crippen MR) is 105 cm³/mol. The summed E-state index contributed by atoms with van der Waals surface area (Å²) >= 11 is 0. The summed E-state index contributed by atoms with van der Waals surface area (Å²) in [6.07, 6.45) is 0.776. The number of hydrogen-bond acceptors (Lipinski definition) is 6. The van der Waals surface area contributed by atoms with Gasteiger partial charge in [0.25, 0.3) is 11.5 Å². The highest BCUT2D eigenvalue weighted by Crippen LogP contribution is 2.27. The fourth-order valence-corrected chi connectivity index (χ4v) is 3.38. The molecule has 0 aliphatic rings. The van der Waals surface area contributed by atoms with Crippen molar-refractivity contribution in [3.63, 3.8) is 0 Å². The van der Waals surface area contributed by atoms with Gasteiger partial charge in [0.2, 0.25) is 0 Å². The van der Waals surface area contributed by atoms with Crippen LogP contribution >= 0.6 is 0 Å². The van der Waals surface area contributed by atoms with Crippen molar-refractivity contribution in [2.45, 2.75) is 0 Å². The van der Waals surface area contributed by atoms with E-state index in [1.165, 1.54) is 36.4 Å². The van der Waals surface area contributed by atoms with Gasteiger partial charge in [-0.3, -0.25) is 19.1 Å². The Balaban J connectivity index is 2.08. The lowest BCUT2D eigenvalue weighted by molar-refractivity contribution is 0.0986. The number of hydrazine groups is 1. The zero-order valence-electron chi connectivity index (χ0n) is 14.9. The number of nitrogens with one attached hydrogen (secondary N) is 2. The van der Waals surface area contributed by atoms with Gasteiger partial charge in [0, 0.05) is 11.8 Å². The lowest BCUT2D eigenvalue weighted by Crippen LogP contribution is -2.38. The number of carbonyl (C=O) groups excluding carboxylic acids is 1. The van der Waals surface area contributed by atoms with E-state index in [0.717, 1.165) is 18.3 Å². The average molecular weight is 435 g/mol. The van der Waals surface area contributed by atoms with E-state index in [-0.39, 0.29) is 21.2 Å². The van der Waals surface area contributed by atoms with Crippen LogP contribution in [0, 0.1) is 5.82 Å². The van der Waals surface area contributed by atoms with Gasteiger partial charge in [-0.15, -0.1) is 0 Å². The van der Waals surface area contributed by atoms with Gasteiger partial charge in [0.1, 0.15) is 11.5 Å². The van der Waals surface area contributed by atoms with Gasteiger partial charge < -0.3 is 4.98 Å². The SMILES string of the molecule is NN(C(=O)c1cccc(N(c2c[nH]c(=O)[nH]c2=O)S(=O)(=O)O)c1)c1ccccc1F. The van der Waals surface area contributed by atoms with E-state index in [9.17, 15) is 31.7 Å². The van der Waals surface area contributed by atoms with Gasteiger partial charge in [-0.1, -0.05) is 18.2 Å². The number of nitrogens with two attached hydrogens (primary N) is 1. The molecule has 11 nitrogen and oxygen atoms in total. The molecule has 0 fully saturated rings. The number of anilines is 3. The third-order valence-corrected chi connectivity index (χ3v) is 4.78. The molecule has 1 aromatic heterocycles. The second kappa shape index (κ2) is 7.90. The molecule has 3 aromatic rings. The molecule has 3 rings (SSSR count). The molecule has 0 unspecified atom stereocenters. The minimum atomic E-state index is -5.05. The van der Waals surface area contributed by atoms with Crippen molar-refractivity contribution in [2.75, 3.05) is 9.31 Å². The van der Waals surface area contributed by atoms with Gasteiger partial charge >= 0.3 is 16.0 Å².